The van der Waals surface area contributed by atoms with Crippen LogP contribution in [0.25, 0.3) is 5.57 Å². The predicted molar refractivity (Wildman–Crippen MR) is 108 cm³/mol. The molecule has 0 saturated heterocycles. The second kappa shape index (κ2) is 6.01. The molecule has 0 bridgehead atoms. The van der Waals surface area contributed by atoms with Gasteiger partial charge in [0.25, 0.3) is 0 Å². The molecule has 0 aromatic carbocycles. The molecule has 0 spiro atoms. The normalized spacial score (nSPS) is 46.0. The third kappa shape index (κ3) is 2.43. The molecule has 2 fully saturated rings. The van der Waals surface area contributed by atoms with Gasteiger partial charge in [0.05, 0.1) is 6.10 Å². The first-order valence-electron chi connectivity index (χ1n) is 10.8. The highest BCUT2D eigenvalue weighted by Crippen LogP contribution is 2.67. The van der Waals surface area contributed by atoms with Crippen molar-refractivity contribution in [2.24, 2.45) is 34.5 Å². The van der Waals surface area contributed by atoms with Crippen LogP contribution in [0.1, 0.15) is 64.9 Å². The molecule has 1 N–H and O–H groups in total. The highest BCUT2D eigenvalue weighted by atomic mass is 16.3. The van der Waals surface area contributed by atoms with E-state index in [1.165, 1.54) is 30.4 Å². The molecule has 3 nitrogen and oxygen atoms in total. The van der Waals surface area contributed by atoms with Gasteiger partial charge < -0.3 is 5.11 Å². The third-order valence-corrected chi connectivity index (χ3v) is 8.86. The zero-order valence-corrected chi connectivity index (χ0v) is 16.9. The molecular weight excluding hydrogens is 332 g/mol. The van der Waals surface area contributed by atoms with Crippen LogP contribution in [-0.2, 0) is 0 Å². The van der Waals surface area contributed by atoms with Gasteiger partial charge in [-0.15, -0.1) is 0 Å². The smallest absolute Gasteiger partial charge is 0.115 e. The number of rotatable bonds is 1. The van der Waals surface area contributed by atoms with Gasteiger partial charge in [0.15, 0.2) is 0 Å². The lowest BCUT2D eigenvalue weighted by Gasteiger charge is -2.59. The van der Waals surface area contributed by atoms with Crippen molar-refractivity contribution in [1.82, 2.24) is 9.97 Å². The summed E-state index contributed by atoms with van der Waals surface area (Å²) in [5.41, 5.74) is 4.80. The molecule has 0 radical (unpaired) electrons. The first kappa shape index (κ1) is 17.6. The maximum atomic E-state index is 10.2. The lowest BCUT2D eigenvalue weighted by atomic mass is 9.45. The summed E-state index contributed by atoms with van der Waals surface area (Å²) in [6.45, 7) is 7.43. The fraction of sp³-hybridized carbons (Fsp3) is 0.667. The van der Waals surface area contributed by atoms with Crippen molar-refractivity contribution in [2.45, 2.75) is 65.4 Å². The summed E-state index contributed by atoms with van der Waals surface area (Å²) in [7, 11) is 0. The Hall–Kier alpha value is -1.48. The van der Waals surface area contributed by atoms with Crippen LogP contribution < -0.4 is 0 Å². The van der Waals surface area contributed by atoms with Gasteiger partial charge in [-0.05, 0) is 78.6 Å². The van der Waals surface area contributed by atoms with E-state index in [1.807, 2.05) is 12.4 Å². The molecule has 0 amide bonds. The zero-order chi connectivity index (χ0) is 18.8. The van der Waals surface area contributed by atoms with Gasteiger partial charge in [-0.2, -0.15) is 0 Å². The van der Waals surface area contributed by atoms with E-state index in [-0.39, 0.29) is 11.5 Å². The van der Waals surface area contributed by atoms with Gasteiger partial charge >= 0.3 is 0 Å². The zero-order valence-electron chi connectivity index (χ0n) is 16.9. The second-order valence-corrected chi connectivity index (χ2v) is 10.1. The largest absolute Gasteiger partial charge is 0.393 e. The van der Waals surface area contributed by atoms with Crippen molar-refractivity contribution < 1.29 is 5.11 Å². The Labute approximate surface area is 163 Å². The number of hydrogen-bond acceptors (Lipinski definition) is 3. The molecule has 2 saturated carbocycles. The fourth-order valence-corrected chi connectivity index (χ4v) is 7.46. The van der Waals surface area contributed by atoms with E-state index in [0.29, 0.717) is 17.3 Å². The van der Waals surface area contributed by atoms with Gasteiger partial charge in [-0.3, -0.25) is 0 Å². The van der Waals surface area contributed by atoms with Gasteiger partial charge in [0.2, 0.25) is 0 Å². The van der Waals surface area contributed by atoms with Crippen LogP contribution >= 0.6 is 0 Å². The average Bonchev–Trinajstić information content (AvgIpc) is 3.01. The minimum Gasteiger partial charge on any atom is -0.393 e. The summed E-state index contributed by atoms with van der Waals surface area (Å²) in [5.74, 6) is 2.82. The molecule has 0 aliphatic heterocycles. The molecule has 144 valence electrons. The summed E-state index contributed by atoms with van der Waals surface area (Å²) in [5, 5.41) is 10.2. The summed E-state index contributed by atoms with van der Waals surface area (Å²) in [6, 6.07) is 0. The van der Waals surface area contributed by atoms with Crippen LogP contribution in [0.3, 0.4) is 0 Å². The second-order valence-electron chi connectivity index (χ2n) is 10.1. The Balaban J connectivity index is 1.52. The highest BCUT2D eigenvalue weighted by molar-refractivity contribution is 5.72. The van der Waals surface area contributed by atoms with E-state index in [0.717, 1.165) is 31.1 Å². The number of fused-ring (bicyclic) bond motifs is 5. The molecule has 5 rings (SSSR count). The number of allylic oxidation sites excluding steroid dienone is 3. The molecular formula is C24H32N2O. The average molecular weight is 365 g/mol. The minimum absolute atomic E-state index is 0.125. The van der Waals surface area contributed by atoms with Crippen LogP contribution in [-0.4, -0.2) is 21.2 Å². The summed E-state index contributed by atoms with van der Waals surface area (Å²) in [4.78, 5) is 8.56. The van der Waals surface area contributed by atoms with E-state index < -0.39 is 0 Å². The van der Waals surface area contributed by atoms with E-state index in [2.05, 4.69) is 42.9 Å². The Kier molecular flexibility index (Phi) is 3.92. The summed E-state index contributed by atoms with van der Waals surface area (Å²) in [6.07, 6.45) is 17.3. The van der Waals surface area contributed by atoms with Gasteiger partial charge in [0.1, 0.15) is 6.33 Å². The van der Waals surface area contributed by atoms with Gasteiger partial charge in [-0.1, -0.05) is 38.5 Å². The Bertz CT molecular complexity index is 800. The van der Waals surface area contributed by atoms with Crippen LogP contribution in [0.2, 0.25) is 0 Å². The maximum Gasteiger partial charge on any atom is 0.115 e. The number of aliphatic hydroxyl groups is 1. The van der Waals surface area contributed by atoms with Crippen LogP contribution in [0.4, 0.5) is 0 Å². The lowest BCUT2D eigenvalue weighted by molar-refractivity contribution is -0.0425. The molecule has 27 heavy (non-hydrogen) atoms. The van der Waals surface area contributed by atoms with E-state index in [1.54, 1.807) is 11.9 Å². The maximum absolute atomic E-state index is 10.2. The van der Waals surface area contributed by atoms with E-state index in [9.17, 15) is 5.11 Å². The molecule has 0 unspecified atom stereocenters. The van der Waals surface area contributed by atoms with Gasteiger partial charge in [0, 0.05) is 18.0 Å². The molecule has 3 heteroatoms. The molecule has 4 aliphatic rings. The standard InChI is InChI=1S/C24H32N2O/c1-15-10-17-11-18(27)6-8-23(17,2)21-7-9-24(3)19(4-5-20(24)22(15)21)16-12-25-14-26-13-16/h4,10,12-15,18,20-22,27H,5-9,11H2,1-3H3/t15-,18+,20+,21+,22+,23+,24-/m1/s1. The summed E-state index contributed by atoms with van der Waals surface area (Å²) < 4.78 is 0. The fourth-order valence-electron chi connectivity index (χ4n) is 7.46. The number of nitrogens with zero attached hydrogens (tertiary/aromatic N) is 2. The van der Waals surface area contributed by atoms with Crippen molar-refractivity contribution in [3.05, 3.63) is 42.0 Å². The molecule has 1 heterocycles. The molecule has 7 atom stereocenters. The Morgan fingerprint density at radius 2 is 1.78 bits per heavy atom. The van der Waals surface area contributed by atoms with Crippen molar-refractivity contribution in [3.63, 3.8) is 0 Å². The van der Waals surface area contributed by atoms with Crippen molar-refractivity contribution >= 4 is 5.57 Å². The van der Waals surface area contributed by atoms with Crippen LogP contribution in [0, 0.1) is 34.5 Å². The number of hydrogen-bond donors (Lipinski definition) is 1. The number of aliphatic hydroxyl groups excluding tert-OH is 1. The summed E-state index contributed by atoms with van der Waals surface area (Å²) >= 11 is 0. The Morgan fingerprint density at radius 3 is 2.56 bits per heavy atom. The first-order chi connectivity index (χ1) is 12.9. The monoisotopic (exact) mass is 364 g/mol. The van der Waals surface area contributed by atoms with E-state index >= 15 is 0 Å². The molecule has 1 aromatic heterocycles. The Morgan fingerprint density at radius 1 is 1.04 bits per heavy atom. The quantitative estimate of drug-likeness (QED) is 0.710. The van der Waals surface area contributed by atoms with Crippen LogP contribution in [0.15, 0.2) is 36.4 Å². The van der Waals surface area contributed by atoms with Crippen molar-refractivity contribution in [3.8, 4) is 0 Å². The topological polar surface area (TPSA) is 46.0 Å². The van der Waals surface area contributed by atoms with E-state index in [4.69, 9.17) is 0 Å². The van der Waals surface area contributed by atoms with Crippen molar-refractivity contribution in [1.29, 1.82) is 0 Å². The SMILES string of the molecule is C[C@@H]1C=C2C[C@@H](O)CC[C@]2(C)[C@H]2CC[C@]3(C)C(c4cncnc4)=CC[C@H]3[C@H]12. The first-order valence-corrected chi connectivity index (χ1v) is 10.8. The molecule has 1 aromatic rings. The lowest BCUT2D eigenvalue weighted by Crippen LogP contribution is -2.52. The highest BCUT2D eigenvalue weighted by Gasteiger charge is 2.58. The molecule has 4 aliphatic carbocycles. The van der Waals surface area contributed by atoms with Gasteiger partial charge in [-0.25, -0.2) is 9.97 Å². The predicted octanol–water partition coefficient (Wildman–Crippen LogP) is 5.04. The van der Waals surface area contributed by atoms with Crippen LogP contribution in [0.5, 0.6) is 0 Å². The minimum atomic E-state index is -0.125. The third-order valence-electron chi connectivity index (χ3n) is 8.86. The number of aromatic nitrogens is 2. The van der Waals surface area contributed by atoms with Crippen molar-refractivity contribution in [2.75, 3.05) is 0 Å².